The molecule has 2 heterocycles. The van der Waals surface area contributed by atoms with Crippen LogP contribution in [0.25, 0.3) is 10.9 Å². The van der Waals surface area contributed by atoms with Crippen molar-refractivity contribution in [2.45, 2.75) is 18.9 Å². The van der Waals surface area contributed by atoms with E-state index in [2.05, 4.69) is 15.6 Å². The van der Waals surface area contributed by atoms with E-state index in [1.54, 1.807) is 36.5 Å². The Morgan fingerprint density at radius 1 is 1.00 bits per heavy atom. The number of carbonyl (C=O) groups is 2. The fourth-order valence-corrected chi connectivity index (χ4v) is 3.38. The molecule has 1 unspecified atom stereocenters. The van der Waals surface area contributed by atoms with Crippen LogP contribution in [0.15, 0.2) is 60.8 Å². The summed E-state index contributed by atoms with van der Waals surface area (Å²) in [6.45, 7) is 1.21. The highest BCUT2D eigenvalue weighted by atomic mass is 16.5. The lowest BCUT2D eigenvalue weighted by Gasteiger charge is -2.14. The van der Waals surface area contributed by atoms with Crippen LogP contribution in [-0.4, -0.2) is 36.1 Å². The number of carbonyl (C=O) groups excluding carboxylic acids is 2. The van der Waals surface area contributed by atoms with Gasteiger partial charge < -0.3 is 15.4 Å². The van der Waals surface area contributed by atoms with Crippen LogP contribution in [0.4, 0.5) is 5.69 Å². The van der Waals surface area contributed by atoms with E-state index < -0.39 is 0 Å². The van der Waals surface area contributed by atoms with Gasteiger partial charge in [0.25, 0.3) is 11.8 Å². The monoisotopic (exact) mass is 375 g/mol. The average molecular weight is 375 g/mol. The number of hydrogen-bond acceptors (Lipinski definition) is 4. The highest BCUT2D eigenvalue weighted by molar-refractivity contribution is 6.14. The molecule has 6 heteroatoms. The molecule has 0 radical (unpaired) electrons. The lowest BCUT2D eigenvalue weighted by atomic mass is 10.1. The number of rotatable bonds is 5. The van der Waals surface area contributed by atoms with Gasteiger partial charge in [-0.25, -0.2) is 0 Å². The zero-order valence-corrected chi connectivity index (χ0v) is 15.4. The Labute approximate surface area is 162 Å². The number of ether oxygens (including phenoxy) is 1. The molecule has 1 aliphatic rings. The minimum absolute atomic E-state index is 0.0638. The molecule has 2 N–H and O–H groups in total. The standard InChI is InChI=1S/C22H21N3O3/c26-21(24-14-15-6-5-13-28-15)18-8-2-4-10-20(18)25-22(27)17-11-12-23-19-9-3-1-7-16(17)19/h1-4,7-12,15H,5-6,13-14H2,(H,24,26)(H,25,27). The van der Waals surface area contributed by atoms with Gasteiger partial charge in [-0.3, -0.25) is 14.6 Å². The Hall–Kier alpha value is -3.25. The molecule has 142 valence electrons. The van der Waals surface area contributed by atoms with Crippen molar-refractivity contribution in [3.05, 3.63) is 71.9 Å². The lowest BCUT2D eigenvalue weighted by molar-refractivity contribution is 0.0858. The fourth-order valence-electron chi connectivity index (χ4n) is 3.38. The number of benzene rings is 2. The van der Waals surface area contributed by atoms with Crippen LogP contribution >= 0.6 is 0 Å². The number of para-hydroxylation sites is 2. The van der Waals surface area contributed by atoms with E-state index in [0.717, 1.165) is 30.4 Å². The fraction of sp³-hybridized carbons (Fsp3) is 0.227. The maximum atomic E-state index is 12.9. The third-order valence-electron chi connectivity index (χ3n) is 4.83. The third kappa shape index (κ3) is 3.87. The Morgan fingerprint density at radius 3 is 2.68 bits per heavy atom. The quantitative estimate of drug-likeness (QED) is 0.716. The van der Waals surface area contributed by atoms with Gasteiger partial charge in [-0.2, -0.15) is 0 Å². The minimum atomic E-state index is -0.280. The molecule has 4 rings (SSSR count). The number of aromatic nitrogens is 1. The number of anilines is 1. The number of fused-ring (bicyclic) bond motifs is 1. The normalized spacial score (nSPS) is 16.1. The van der Waals surface area contributed by atoms with E-state index in [9.17, 15) is 9.59 Å². The van der Waals surface area contributed by atoms with Crippen LogP contribution in [0.5, 0.6) is 0 Å². The molecular formula is C22H21N3O3. The zero-order chi connectivity index (χ0) is 19.3. The summed E-state index contributed by atoms with van der Waals surface area (Å²) >= 11 is 0. The predicted molar refractivity (Wildman–Crippen MR) is 107 cm³/mol. The van der Waals surface area contributed by atoms with Gasteiger partial charge in [-0.15, -0.1) is 0 Å². The predicted octanol–water partition coefficient (Wildman–Crippen LogP) is 3.40. The first-order chi connectivity index (χ1) is 13.7. The van der Waals surface area contributed by atoms with Crippen molar-refractivity contribution in [3.63, 3.8) is 0 Å². The minimum Gasteiger partial charge on any atom is -0.376 e. The summed E-state index contributed by atoms with van der Waals surface area (Å²) in [7, 11) is 0. The van der Waals surface area contributed by atoms with Crippen molar-refractivity contribution in [2.24, 2.45) is 0 Å². The number of pyridine rings is 1. The summed E-state index contributed by atoms with van der Waals surface area (Å²) in [6, 6.07) is 16.1. The molecule has 0 bridgehead atoms. The topological polar surface area (TPSA) is 80.3 Å². The molecule has 0 aliphatic carbocycles. The van der Waals surface area contributed by atoms with Crippen molar-refractivity contribution >= 4 is 28.4 Å². The molecule has 1 aromatic heterocycles. The summed E-state index contributed by atoms with van der Waals surface area (Å²) < 4.78 is 5.54. The number of nitrogens with one attached hydrogen (secondary N) is 2. The average Bonchev–Trinajstić information content (AvgIpc) is 3.25. The number of nitrogens with zero attached hydrogens (tertiary/aromatic N) is 1. The summed E-state index contributed by atoms with van der Waals surface area (Å²) in [6.07, 6.45) is 3.65. The second-order valence-corrected chi connectivity index (χ2v) is 6.72. The first-order valence-corrected chi connectivity index (χ1v) is 9.36. The molecule has 1 saturated heterocycles. The molecule has 1 aliphatic heterocycles. The lowest BCUT2D eigenvalue weighted by Crippen LogP contribution is -2.32. The summed E-state index contributed by atoms with van der Waals surface area (Å²) in [5, 5.41) is 6.53. The maximum absolute atomic E-state index is 12.9. The van der Waals surface area contributed by atoms with Crippen molar-refractivity contribution < 1.29 is 14.3 Å². The summed E-state index contributed by atoms with van der Waals surface area (Å²) in [4.78, 5) is 29.8. The number of hydrogen-bond donors (Lipinski definition) is 2. The van der Waals surface area contributed by atoms with Gasteiger partial charge in [0, 0.05) is 24.7 Å². The molecule has 0 spiro atoms. The molecule has 2 amide bonds. The van der Waals surface area contributed by atoms with Gasteiger partial charge in [0.15, 0.2) is 0 Å². The first kappa shape index (κ1) is 18.1. The van der Waals surface area contributed by atoms with Crippen LogP contribution in [0, 0.1) is 0 Å². The molecule has 2 aromatic carbocycles. The van der Waals surface area contributed by atoms with Crippen LogP contribution in [0.2, 0.25) is 0 Å². The van der Waals surface area contributed by atoms with Crippen molar-refractivity contribution in [1.29, 1.82) is 0 Å². The summed E-state index contributed by atoms with van der Waals surface area (Å²) in [5.41, 5.74) is 2.16. The van der Waals surface area contributed by atoms with Gasteiger partial charge in [-0.1, -0.05) is 30.3 Å². The van der Waals surface area contributed by atoms with E-state index in [1.165, 1.54) is 0 Å². The van der Waals surface area contributed by atoms with Gasteiger partial charge in [0.05, 0.1) is 28.4 Å². The molecule has 1 fully saturated rings. The number of amides is 2. The van der Waals surface area contributed by atoms with Gasteiger partial charge >= 0.3 is 0 Å². The second kappa shape index (κ2) is 8.19. The SMILES string of the molecule is O=C(NCC1CCCO1)c1ccccc1NC(=O)c1ccnc2ccccc12. The first-order valence-electron chi connectivity index (χ1n) is 9.36. The Morgan fingerprint density at radius 2 is 1.82 bits per heavy atom. The maximum Gasteiger partial charge on any atom is 0.256 e. The smallest absolute Gasteiger partial charge is 0.256 e. The van der Waals surface area contributed by atoms with Gasteiger partial charge in [0.1, 0.15) is 0 Å². The molecule has 3 aromatic rings. The van der Waals surface area contributed by atoms with E-state index in [-0.39, 0.29) is 17.9 Å². The van der Waals surface area contributed by atoms with E-state index in [4.69, 9.17) is 4.74 Å². The summed E-state index contributed by atoms with van der Waals surface area (Å²) in [5.74, 6) is -0.510. The van der Waals surface area contributed by atoms with Gasteiger partial charge in [-0.05, 0) is 37.1 Å². The molecule has 6 nitrogen and oxygen atoms in total. The van der Waals surface area contributed by atoms with Gasteiger partial charge in [0.2, 0.25) is 0 Å². The van der Waals surface area contributed by atoms with Crippen LogP contribution in [-0.2, 0) is 4.74 Å². The molecular weight excluding hydrogens is 354 g/mol. The van der Waals surface area contributed by atoms with E-state index in [0.29, 0.717) is 23.4 Å². The molecule has 0 saturated carbocycles. The van der Waals surface area contributed by atoms with Crippen LogP contribution in [0.3, 0.4) is 0 Å². The van der Waals surface area contributed by atoms with Crippen molar-refractivity contribution in [3.8, 4) is 0 Å². The third-order valence-corrected chi connectivity index (χ3v) is 4.83. The largest absolute Gasteiger partial charge is 0.376 e. The Kier molecular flexibility index (Phi) is 5.30. The molecule has 1 atom stereocenters. The Balaban J connectivity index is 1.53. The van der Waals surface area contributed by atoms with Crippen LogP contribution in [0.1, 0.15) is 33.6 Å². The van der Waals surface area contributed by atoms with Crippen molar-refractivity contribution in [1.82, 2.24) is 10.3 Å². The van der Waals surface area contributed by atoms with Crippen LogP contribution < -0.4 is 10.6 Å². The molecule has 28 heavy (non-hydrogen) atoms. The van der Waals surface area contributed by atoms with E-state index >= 15 is 0 Å². The zero-order valence-electron chi connectivity index (χ0n) is 15.4. The highest BCUT2D eigenvalue weighted by Gasteiger charge is 2.19. The second-order valence-electron chi connectivity index (χ2n) is 6.72. The Bertz CT molecular complexity index is 1010. The van der Waals surface area contributed by atoms with E-state index in [1.807, 2.05) is 24.3 Å². The highest BCUT2D eigenvalue weighted by Crippen LogP contribution is 2.20. The van der Waals surface area contributed by atoms with Crippen molar-refractivity contribution in [2.75, 3.05) is 18.5 Å².